The molecule has 1 aliphatic rings. The van der Waals surface area contributed by atoms with Crippen molar-refractivity contribution in [3.8, 4) is 0 Å². The SMILES string of the molecule is CC1CCCC(OC[C@@H](C)N)C1. The predicted octanol–water partition coefficient (Wildman–Crippen LogP) is 1.93. The van der Waals surface area contributed by atoms with E-state index in [-0.39, 0.29) is 6.04 Å². The number of hydrogen-bond acceptors (Lipinski definition) is 2. The van der Waals surface area contributed by atoms with E-state index in [0.29, 0.717) is 6.10 Å². The highest BCUT2D eigenvalue weighted by Crippen LogP contribution is 2.25. The van der Waals surface area contributed by atoms with Gasteiger partial charge in [0.25, 0.3) is 0 Å². The van der Waals surface area contributed by atoms with Crippen molar-refractivity contribution in [1.29, 1.82) is 0 Å². The van der Waals surface area contributed by atoms with Gasteiger partial charge in [-0.3, -0.25) is 0 Å². The van der Waals surface area contributed by atoms with Crippen LogP contribution in [0.5, 0.6) is 0 Å². The summed E-state index contributed by atoms with van der Waals surface area (Å²) in [5.74, 6) is 0.844. The van der Waals surface area contributed by atoms with Crippen LogP contribution in [-0.2, 0) is 4.74 Å². The lowest BCUT2D eigenvalue weighted by molar-refractivity contribution is 0.0106. The highest BCUT2D eigenvalue weighted by atomic mass is 16.5. The molecule has 1 fully saturated rings. The van der Waals surface area contributed by atoms with Crippen molar-refractivity contribution in [3.63, 3.8) is 0 Å². The summed E-state index contributed by atoms with van der Waals surface area (Å²) in [4.78, 5) is 0. The molecule has 0 radical (unpaired) electrons. The molecule has 72 valence electrons. The Morgan fingerprint density at radius 3 is 2.83 bits per heavy atom. The van der Waals surface area contributed by atoms with E-state index in [0.717, 1.165) is 12.5 Å². The molecule has 2 unspecified atom stereocenters. The normalized spacial score (nSPS) is 33.2. The fourth-order valence-electron chi connectivity index (χ4n) is 1.82. The molecule has 0 bridgehead atoms. The van der Waals surface area contributed by atoms with Crippen LogP contribution in [0.15, 0.2) is 0 Å². The molecule has 0 aromatic rings. The van der Waals surface area contributed by atoms with Crippen molar-refractivity contribution in [3.05, 3.63) is 0 Å². The Balaban J connectivity index is 2.14. The van der Waals surface area contributed by atoms with Crippen LogP contribution in [-0.4, -0.2) is 18.8 Å². The van der Waals surface area contributed by atoms with Gasteiger partial charge in [0, 0.05) is 6.04 Å². The molecule has 1 rings (SSSR count). The second-order valence-corrected chi connectivity index (χ2v) is 4.20. The number of ether oxygens (including phenoxy) is 1. The van der Waals surface area contributed by atoms with Gasteiger partial charge in [0.05, 0.1) is 12.7 Å². The van der Waals surface area contributed by atoms with Crippen LogP contribution in [0.1, 0.15) is 39.5 Å². The van der Waals surface area contributed by atoms with E-state index in [4.69, 9.17) is 10.5 Å². The third kappa shape index (κ3) is 3.55. The van der Waals surface area contributed by atoms with Crippen molar-refractivity contribution >= 4 is 0 Å². The van der Waals surface area contributed by atoms with Gasteiger partial charge in [-0.15, -0.1) is 0 Å². The summed E-state index contributed by atoms with van der Waals surface area (Å²) in [5.41, 5.74) is 5.62. The van der Waals surface area contributed by atoms with Gasteiger partial charge in [-0.2, -0.15) is 0 Å². The maximum atomic E-state index is 5.69. The van der Waals surface area contributed by atoms with Crippen molar-refractivity contribution in [2.45, 2.75) is 51.7 Å². The van der Waals surface area contributed by atoms with Gasteiger partial charge in [-0.25, -0.2) is 0 Å². The lowest BCUT2D eigenvalue weighted by Gasteiger charge is -2.27. The van der Waals surface area contributed by atoms with Crippen LogP contribution < -0.4 is 5.73 Å². The lowest BCUT2D eigenvalue weighted by Crippen LogP contribution is -2.28. The van der Waals surface area contributed by atoms with Crippen molar-refractivity contribution in [1.82, 2.24) is 0 Å². The molecule has 3 atom stereocenters. The van der Waals surface area contributed by atoms with E-state index >= 15 is 0 Å². The summed E-state index contributed by atoms with van der Waals surface area (Å²) in [6, 6.07) is 0.183. The highest BCUT2D eigenvalue weighted by molar-refractivity contribution is 4.70. The maximum Gasteiger partial charge on any atom is 0.0618 e. The smallest absolute Gasteiger partial charge is 0.0618 e. The Morgan fingerprint density at radius 2 is 2.25 bits per heavy atom. The van der Waals surface area contributed by atoms with E-state index in [1.165, 1.54) is 25.7 Å². The summed E-state index contributed by atoms with van der Waals surface area (Å²) in [7, 11) is 0. The number of nitrogens with two attached hydrogens (primary N) is 1. The molecular weight excluding hydrogens is 150 g/mol. The van der Waals surface area contributed by atoms with Gasteiger partial charge >= 0.3 is 0 Å². The Morgan fingerprint density at radius 1 is 1.50 bits per heavy atom. The van der Waals surface area contributed by atoms with Gasteiger partial charge < -0.3 is 10.5 Å². The third-order valence-electron chi connectivity index (χ3n) is 2.48. The average molecular weight is 171 g/mol. The van der Waals surface area contributed by atoms with E-state index in [9.17, 15) is 0 Å². The first-order valence-electron chi connectivity index (χ1n) is 5.05. The molecule has 2 heteroatoms. The first-order valence-corrected chi connectivity index (χ1v) is 5.05. The molecule has 0 spiro atoms. The standard InChI is InChI=1S/C10H21NO/c1-8-4-3-5-10(6-8)12-7-9(2)11/h8-10H,3-7,11H2,1-2H3/t8?,9-,10?/m1/s1. The Hall–Kier alpha value is -0.0800. The molecule has 0 aromatic heterocycles. The average Bonchev–Trinajstić information content (AvgIpc) is 2.01. The fourth-order valence-corrected chi connectivity index (χ4v) is 1.82. The molecule has 0 heterocycles. The maximum absolute atomic E-state index is 5.69. The molecule has 0 saturated heterocycles. The van der Waals surface area contributed by atoms with E-state index < -0.39 is 0 Å². The first-order chi connectivity index (χ1) is 5.68. The Labute approximate surface area is 75.5 Å². The van der Waals surface area contributed by atoms with Crippen LogP contribution in [0.3, 0.4) is 0 Å². The monoisotopic (exact) mass is 171 g/mol. The summed E-state index contributed by atoms with van der Waals surface area (Å²) >= 11 is 0. The van der Waals surface area contributed by atoms with Gasteiger partial charge in [0.2, 0.25) is 0 Å². The first kappa shape index (κ1) is 10.0. The van der Waals surface area contributed by atoms with Crippen LogP contribution in [0.25, 0.3) is 0 Å². The number of hydrogen-bond donors (Lipinski definition) is 1. The minimum absolute atomic E-state index is 0.183. The van der Waals surface area contributed by atoms with Crippen LogP contribution >= 0.6 is 0 Å². The lowest BCUT2D eigenvalue weighted by atomic mass is 9.89. The van der Waals surface area contributed by atoms with Crippen LogP contribution in [0.2, 0.25) is 0 Å². The second-order valence-electron chi connectivity index (χ2n) is 4.20. The molecule has 0 amide bonds. The topological polar surface area (TPSA) is 35.2 Å². The largest absolute Gasteiger partial charge is 0.377 e. The molecule has 1 aliphatic carbocycles. The van der Waals surface area contributed by atoms with Crippen LogP contribution in [0.4, 0.5) is 0 Å². The van der Waals surface area contributed by atoms with Crippen molar-refractivity contribution < 1.29 is 4.74 Å². The molecule has 2 N–H and O–H groups in total. The quantitative estimate of drug-likeness (QED) is 0.704. The molecular formula is C10H21NO. The minimum Gasteiger partial charge on any atom is -0.377 e. The molecule has 1 saturated carbocycles. The predicted molar refractivity (Wildman–Crippen MR) is 51.0 cm³/mol. The van der Waals surface area contributed by atoms with E-state index in [2.05, 4.69) is 6.92 Å². The minimum atomic E-state index is 0.183. The molecule has 12 heavy (non-hydrogen) atoms. The Bertz CT molecular complexity index is 125. The molecule has 0 aliphatic heterocycles. The van der Waals surface area contributed by atoms with Crippen LogP contribution in [0, 0.1) is 5.92 Å². The molecule has 0 aromatic carbocycles. The van der Waals surface area contributed by atoms with Gasteiger partial charge in [0.1, 0.15) is 0 Å². The summed E-state index contributed by atoms with van der Waals surface area (Å²) in [5, 5.41) is 0. The summed E-state index contributed by atoms with van der Waals surface area (Å²) in [6.45, 7) is 5.02. The zero-order chi connectivity index (χ0) is 8.97. The van der Waals surface area contributed by atoms with Crippen molar-refractivity contribution in [2.75, 3.05) is 6.61 Å². The Kier molecular flexibility index (Phi) is 4.02. The zero-order valence-corrected chi connectivity index (χ0v) is 8.25. The highest BCUT2D eigenvalue weighted by Gasteiger charge is 2.19. The van der Waals surface area contributed by atoms with Gasteiger partial charge in [0.15, 0.2) is 0 Å². The zero-order valence-electron chi connectivity index (χ0n) is 8.25. The van der Waals surface area contributed by atoms with Crippen molar-refractivity contribution in [2.24, 2.45) is 11.7 Å². The number of rotatable bonds is 3. The van der Waals surface area contributed by atoms with Gasteiger partial charge in [-0.1, -0.05) is 19.8 Å². The van der Waals surface area contributed by atoms with Gasteiger partial charge in [-0.05, 0) is 25.7 Å². The summed E-state index contributed by atoms with van der Waals surface area (Å²) < 4.78 is 5.69. The fraction of sp³-hybridized carbons (Fsp3) is 1.00. The second kappa shape index (κ2) is 4.83. The summed E-state index contributed by atoms with van der Waals surface area (Å²) in [6.07, 6.45) is 5.65. The van der Waals surface area contributed by atoms with E-state index in [1.54, 1.807) is 0 Å². The molecule has 2 nitrogen and oxygen atoms in total. The third-order valence-corrected chi connectivity index (χ3v) is 2.48. The van der Waals surface area contributed by atoms with E-state index in [1.807, 2.05) is 6.92 Å².